The summed E-state index contributed by atoms with van der Waals surface area (Å²) < 4.78 is 0. The normalized spacial score (nSPS) is 8.80. The lowest BCUT2D eigenvalue weighted by Gasteiger charge is -2.04. The third kappa shape index (κ3) is 13.4. The van der Waals surface area contributed by atoms with E-state index in [1.165, 1.54) is 22.3 Å². The average molecular weight is 345 g/mol. The van der Waals surface area contributed by atoms with Gasteiger partial charge in [-0.3, -0.25) is 0 Å². The molecule has 0 atom stereocenters. The molecule has 2 rings (SSSR count). The number of aryl methyl sites for hydroxylation is 2. The molecule has 0 fully saturated rings. The molecule has 25 heavy (non-hydrogen) atoms. The molecular formula is C25H44. The highest BCUT2D eigenvalue weighted by atomic mass is 14.0. The van der Waals surface area contributed by atoms with Crippen molar-refractivity contribution in [3.8, 4) is 0 Å². The summed E-state index contributed by atoms with van der Waals surface area (Å²) >= 11 is 0. The Morgan fingerprint density at radius 3 is 1.32 bits per heavy atom. The molecule has 0 saturated carbocycles. The molecule has 0 radical (unpaired) electrons. The predicted molar refractivity (Wildman–Crippen MR) is 120 cm³/mol. The minimum absolute atomic E-state index is 0. The molecule has 0 saturated heterocycles. The maximum absolute atomic E-state index is 2.24. The number of rotatable bonds is 2. The van der Waals surface area contributed by atoms with Gasteiger partial charge in [0.2, 0.25) is 0 Å². The van der Waals surface area contributed by atoms with E-state index in [1.54, 1.807) is 0 Å². The Hall–Kier alpha value is -1.56. The van der Waals surface area contributed by atoms with Crippen LogP contribution >= 0.6 is 0 Å². The lowest BCUT2D eigenvalue weighted by atomic mass is 10.0. The van der Waals surface area contributed by atoms with E-state index in [0.29, 0.717) is 11.8 Å². The first-order chi connectivity index (χ1) is 11.4. The van der Waals surface area contributed by atoms with Gasteiger partial charge in [0.1, 0.15) is 0 Å². The van der Waals surface area contributed by atoms with E-state index >= 15 is 0 Å². The van der Waals surface area contributed by atoms with Crippen molar-refractivity contribution < 1.29 is 0 Å². The van der Waals surface area contributed by atoms with Crippen LogP contribution in [-0.2, 0) is 0 Å². The van der Waals surface area contributed by atoms with Crippen molar-refractivity contribution in [3.05, 3.63) is 70.8 Å². The van der Waals surface area contributed by atoms with Gasteiger partial charge in [-0.15, -0.1) is 0 Å². The predicted octanol–water partition coefficient (Wildman–Crippen LogP) is 8.93. The molecule has 0 aliphatic rings. The molecule has 0 amide bonds. The Morgan fingerprint density at radius 1 is 0.560 bits per heavy atom. The van der Waals surface area contributed by atoms with Gasteiger partial charge in [0.25, 0.3) is 0 Å². The largest absolute Gasteiger partial charge is 0.0776 e. The molecule has 2 aromatic rings. The Bertz CT molecular complexity index is 504. The van der Waals surface area contributed by atoms with E-state index < -0.39 is 0 Å². The van der Waals surface area contributed by atoms with Gasteiger partial charge in [-0.25, -0.2) is 0 Å². The van der Waals surface area contributed by atoms with Crippen LogP contribution < -0.4 is 0 Å². The summed E-state index contributed by atoms with van der Waals surface area (Å²) in [6.45, 7) is 21.1. The summed E-state index contributed by atoms with van der Waals surface area (Å²) in [4.78, 5) is 0. The number of hydrogen-bond acceptors (Lipinski definition) is 0. The van der Waals surface area contributed by atoms with E-state index in [0.717, 1.165) is 0 Å². The first-order valence-corrected chi connectivity index (χ1v) is 9.53. The lowest BCUT2D eigenvalue weighted by Crippen LogP contribution is -1.86. The first-order valence-electron chi connectivity index (χ1n) is 9.53. The van der Waals surface area contributed by atoms with Gasteiger partial charge in [-0.1, -0.05) is 122 Å². The third-order valence-corrected chi connectivity index (χ3v) is 3.45. The van der Waals surface area contributed by atoms with Crippen LogP contribution in [0.3, 0.4) is 0 Å². The zero-order chi connectivity index (χ0) is 19.1. The van der Waals surface area contributed by atoms with Crippen molar-refractivity contribution in [3.63, 3.8) is 0 Å². The molecule has 0 aliphatic carbocycles. The van der Waals surface area contributed by atoms with Crippen LogP contribution in [0.5, 0.6) is 0 Å². The topological polar surface area (TPSA) is 0 Å². The van der Waals surface area contributed by atoms with Crippen LogP contribution in [0.15, 0.2) is 48.5 Å². The van der Waals surface area contributed by atoms with Crippen molar-refractivity contribution in [1.82, 2.24) is 0 Å². The summed E-state index contributed by atoms with van der Waals surface area (Å²) in [6.07, 6.45) is 0. The summed E-state index contributed by atoms with van der Waals surface area (Å²) in [6, 6.07) is 17.4. The second-order valence-electron chi connectivity index (χ2n) is 6.13. The van der Waals surface area contributed by atoms with E-state index in [4.69, 9.17) is 0 Å². The van der Waals surface area contributed by atoms with Crippen LogP contribution in [0.25, 0.3) is 0 Å². The van der Waals surface area contributed by atoms with Gasteiger partial charge in [0, 0.05) is 0 Å². The zero-order valence-corrected chi connectivity index (χ0v) is 17.8. The molecular weight excluding hydrogens is 300 g/mol. The summed E-state index contributed by atoms with van der Waals surface area (Å²) in [5, 5.41) is 0. The zero-order valence-electron chi connectivity index (χ0n) is 17.8. The quantitative estimate of drug-likeness (QED) is 0.510. The van der Waals surface area contributed by atoms with Gasteiger partial charge in [-0.05, 0) is 36.8 Å². The van der Waals surface area contributed by atoms with E-state index in [2.05, 4.69) is 90.1 Å². The van der Waals surface area contributed by atoms with E-state index in [-0.39, 0.29) is 7.43 Å². The first kappa shape index (κ1) is 28.3. The van der Waals surface area contributed by atoms with Gasteiger partial charge in [0.15, 0.2) is 0 Å². The smallest absolute Gasteiger partial charge is 0.0219 e. The molecule has 0 spiro atoms. The Morgan fingerprint density at radius 2 is 1.00 bits per heavy atom. The lowest BCUT2D eigenvalue weighted by molar-refractivity contribution is 0.865. The highest BCUT2D eigenvalue weighted by Gasteiger charge is 1.96. The van der Waals surface area contributed by atoms with Crippen LogP contribution in [0.1, 0.15) is 96.9 Å². The highest BCUT2D eigenvalue weighted by molar-refractivity contribution is 5.24. The summed E-state index contributed by atoms with van der Waals surface area (Å²) in [5.74, 6) is 1.31. The fourth-order valence-electron chi connectivity index (χ4n) is 1.98. The molecule has 0 heteroatoms. The van der Waals surface area contributed by atoms with E-state index in [1.807, 2.05) is 27.7 Å². The number of benzene rings is 2. The molecule has 0 bridgehead atoms. The molecule has 0 nitrogen and oxygen atoms in total. The maximum atomic E-state index is 2.24. The fraction of sp³-hybridized carbons (Fsp3) is 0.520. The molecule has 0 heterocycles. The second kappa shape index (κ2) is 17.3. The van der Waals surface area contributed by atoms with Gasteiger partial charge >= 0.3 is 0 Å². The van der Waals surface area contributed by atoms with E-state index in [9.17, 15) is 0 Å². The molecule has 0 N–H and O–H groups in total. The highest BCUT2D eigenvalue weighted by Crippen LogP contribution is 2.14. The average Bonchev–Trinajstić information content (AvgIpc) is 2.59. The standard InChI is InChI=1S/2C10H14.2C2H6.CH4/c1-8(2)10-6-4-9(3)5-7-10;1-8(2)10-6-4-5-9(3)7-10;2*1-2;/h2*4-8H,1-3H3;2*1-2H3;1H4. The third-order valence-electron chi connectivity index (χ3n) is 3.45. The molecule has 144 valence electrons. The van der Waals surface area contributed by atoms with Gasteiger partial charge < -0.3 is 0 Å². The fourth-order valence-corrected chi connectivity index (χ4v) is 1.98. The SMILES string of the molecule is C.CC.CC.Cc1ccc(C(C)C)cc1.Cc1cccc(C(C)C)c1. The summed E-state index contributed by atoms with van der Waals surface area (Å²) in [7, 11) is 0. The second-order valence-corrected chi connectivity index (χ2v) is 6.13. The van der Waals surface area contributed by atoms with Crippen molar-refractivity contribution >= 4 is 0 Å². The van der Waals surface area contributed by atoms with Gasteiger partial charge in [0.05, 0.1) is 0 Å². The Kier molecular flexibility index (Phi) is 19.5. The van der Waals surface area contributed by atoms with Crippen LogP contribution in [0.4, 0.5) is 0 Å². The van der Waals surface area contributed by atoms with Crippen molar-refractivity contribution in [1.29, 1.82) is 0 Å². The van der Waals surface area contributed by atoms with Crippen molar-refractivity contribution in [2.24, 2.45) is 0 Å². The molecule has 0 aliphatic heterocycles. The number of hydrogen-bond donors (Lipinski definition) is 0. The summed E-state index contributed by atoms with van der Waals surface area (Å²) in [5.41, 5.74) is 5.54. The minimum Gasteiger partial charge on any atom is -0.0776 e. The van der Waals surface area contributed by atoms with Gasteiger partial charge in [-0.2, -0.15) is 0 Å². The monoisotopic (exact) mass is 344 g/mol. The molecule has 0 unspecified atom stereocenters. The van der Waals surface area contributed by atoms with Crippen LogP contribution in [0.2, 0.25) is 0 Å². The van der Waals surface area contributed by atoms with Crippen LogP contribution in [-0.4, -0.2) is 0 Å². The minimum atomic E-state index is 0. The van der Waals surface area contributed by atoms with Crippen molar-refractivity contribution in [2.75, 3.05) is 0 Å². The maximum Gasteiger partial charge on any atom is -0.0219 e. The molecule has 2 aromatic carbocycles. The van der Waals surface area contributed by atoms with Crippen LogP contribution in [0, 0.1) is 13.8 Å². The Balaban J connectivity index is -0.000000312. The Labute approximate surface area is 159 Å². The van der Waals surface area contributed by atoms with Crippen molar-refractivity contribution in [2.45, 2.75) is 88.5 Å². The molecule has 0 aromatic heterocycles.